The number of hydrogen-bond acceptors (Lipinski definition) is 6. The lowest BCUT2D eigenvalue weighted by Crippen LogP contribution is -2.32. The molecule has 2 rings (SSSR count). The number of nitrogens with zero attached hydrogens (tertiary/aromatic N) is 1. The minimum atomic E-state index is -3.70. The second-order valence-electron chi connectivity index (χ2n) is 4.99. The van der Waals surface area contributed by atoms with Crippen LogP contribution in [0, 0.1) is 16.0 Å². The Bertz CT molecular complexity index is 607. The Morgan fingerprint density at radius 3 is 2.65 bits per heavy atom. The Morgan fingerprint density at radius 2 is 2.20 bits per heavy atom. The van der Waals surface area contributed by atoms with Crippen LogP contribution in [0.5, 0.6) is 0 Å². The number of hydrogen-bond donors (Lipinski definition) is 2. The van der Waals surface area contributed by atoms with Crippen LogP contribution in [0.15, 0.2) is 10.3 Å². The number of sulfonamides is 1. The molecule has 1 aromatic heterocycles. The molecule has 0 radical (unpaired) electrons. The van der Waals surface area contributed by atoms with Crippen LogP contribution in [0.3, 0.4) is 0 Å². The molecule has 112 valence electrons. The van der Waals surface area contributed by atoms with Crippen molar-refractivity contribution in [3.8, 4) is 0 Å². The first-order valence-corrected chi connectivity index (χ1v) is 8.61. The van der Waals surface area contributed by atoms with Gasteiger partial charge < -0.3 is 5.32 Å². The highest BCUT2D eigenvalue weighted by molar-refractivity contribution is 7.91. The van der Waals surface area contributed by atoms with Gasteiger partial charge in [-0.25, -0.2) is 13.1 Å². The molecule has 1 heterocycles. The highest BCUT2D eigenvalue weighted by Crippen LogP contribution is 2.37. The summed E-state index contributed by atoms with van der Waals surface area (Å²) in [6.45, 7) is 1.82. The molecule has 0 amide bonds. The molecule has 20 heavy (non-hydrogen) atoms. The fraction of sp³-hybridized carbons (Fsp3) is 0.636. The fourth-order valence-electron chi connectivity index (χ4n) is 2.03. The zero-order valence-corrected chi connectivity index (χ0v) is 12.9. The lowest BCUT2D eigenvalue weighted by molar-refractivity contribution is -0.383. The van der Waals surface area contributed by atoms with E-state index < -0.39 is 14.9 Å². The number of anilines is 1. The van der Waals surface area contributed by atoms with Crippen LogP contribution in [-0.2, 0) is 10.0 Å². The standard InChI is InChI=1S/C11H17N3O4S2/c1-7(5-8-3-4-8)13-20(17,18)10-6-9(14(15)16)11(12-2)19-10/h6-8,12-13H,3-5H2,1-2H3. The maximum absolute atomic E-state index is 12.2. The van der Waals surface area contributed by atoms with Gasteiger partial charge in [0.15, 0.2) is 5.00 Å². The molecule has 1 aliphatic rings. The summed E-state index contributed by atoms with van der Waals surface area (Å²) < 4.78 is 26.9. The maximum atomic E-state index is 12.2. The molecule has 0 aliphatic heterocycles. The summed E-state index contributed by atoms with van der Waals surface area (Å²) in [4.78, 5) is 10.3. The predicted octanol–water partition coefficient (Wildman–Crippen LogP) is 2.16. The third kappa shape index (κ3) is 3.47. The van der Waals surface area contributed by atoms with Crippen molar-refractivity contribution >= 4 is 32.0 Å². The van der Waals surface area contributed by atoms with Gasteiger partial charge in [-0.2, -0.15) is 0 Å². The molecular formula is C11H17N3O4S2. The van der Waals surface area contributed by atoms with Crippen LogP contribution in [0.2, 0.25) is 0 Å². The summed E-state index contributed by atoms with van der Waals surface area (Å²) in [5, 5.41) is 13.7. The SMILES string of the molecule is CNc1sc(S(=O)(=O)NC(C)CC2CC2)cc1[N+](=O)[O-]. The molecule has 0 saturated heterocycles. The summed E-state index contributed by atoms with van der Waals surface area (Å²) in [6, 6.07) is 0.939. The average molecular weight is 319 g/mol. The molecule has 1 aromatic rings. The van der Waals surface area contributed by atoms with Gasteiger partial charge >= 0.3 is 5.69 Å². The Balaban J connectivity index is 2.17. The molecule has 2 N–H and O–H groups in total. The molecule has 1 unspecified atom stereocenters. The van der Waals surface area contributed by atoms with Gasteiger partial charge in [-0.05, 0) is 19.3 Å². The van der Waals surface area contributed by atoms with Crippen molar-refractivity contribution in [2.45, 2.75) is 36.4 Å². The summed E-state index contributed by atoms with van der Waals surface area (Å²) >= 11 is 0.868. The van der Waals surface area contributed by atoms with Gasteiger partial charge in [-0.15, -0.1) is 0 Å². The first kappa shape index (κ1) is 15.2. The second kappa shape index (κ2) is 5.66. The van der Waals surface area contributed by atoms with Crippen LogP contribution in [0.4, 0.5) is 10.7 Å². The number of thiophene rings is 1. The highest BCUT2D eigenvalue weighted by Gasteiger charge is 2.29. The number of nitrogens with one attached hydrogen (secondary N) is 2. The van der Waals surface area contributed by atoms with Crippen molar-refractivity contribution in [1.82, 2.24) is 4.72 Å². The van der Waals surface area contributed by atoms with Crippen LogP contribution >= 0.6 is 11.3 Å². The summed E-state index contributed by atoms with van der Waals surface area (Å²) in [7, 11) is -2.17. The molecule has 0 bridgehead atoms. The van der Waals surface area contributed by atoms with Crippen molar-refractivity contribution in [3.05, 3.63) is 16.2 Å². The quantitative estimate of drug-likeness (QED) is 0.592. The van der Waals surface area contributed by atoms with Gasteiger partial charge in [-0.1, -0.05) is 24.2 Å². The van der Waals surface area contributed by atoms with Gasteiger partial charge in [0.05, 0.1) is 4.92 Å². The van der Waals surface area contributed by atoms with Gasteiger partial charge in [0.1, 0.15) is 4.21 Å². The molecule has 1 atom stereocenters. The number of rotatable bonds is 7. The van der Waals surface area contributed by atoms with Gasteiger partial charge in [0.2, 0.25) is 0 Å². The molecule has 7 nitrogen and oxygen atoms in total. The zero-order valence-electron chi connectivity index (χ0n) is 11.3. The lowest BCUT2D eigenvalue weighted by Gasteiger charge is -2.12. The van der Waals surface area contributed by atoms with Crippen LogP contribution in [0.1, 0.15) is 26.2 Å². The first-order chi connectivity index (χ1) is 9.33. The molecule has 9 heteroatoms. The third-order valence-electron chi connectivity index (χ3n) is 3.12. The van der Waals surface area contributed by atoms with Gasteiger partial charge in [0.25, 0.3) is 10.0 Å². The normalized spacial score (nSPS) is 16.9. The predicted molar refractivity (Wildman–Crippen MR) is 77.6 cm³/mol. The monoisotopic (exact) mass is 319 g/mol. The van der Waals surface area contributed by atoms with Crippen molar-refractivity contribution in [3.63, 3.8) is 0 Å². The molecule has 0 spiro atoms. The van der Waals surface area contributed by atoms with Crippen molar-refractivity contribution in [1.29, 1.82) is 0 Å². The summed E-state index contributed by atoms with van der Waals surface area (Å²) in [5.74, 6) is 0.609. The zero-order chi connectivity index (χ0) is 14.9. The van der Waals surface area contributed by atoms with E-state index in [0.717, 1.165) is 36.7 Å². The second-order valence-corrected chi connectivity index (χ2v) is 7.98. The Kier molecular flexibility index (Phi) is 4.31. The minimum absolute atomic E-state index is 0.0313. The van der Waals surface area contributed by atoms with Crippen LogP contribution < -0.4 is 10.0 Å². The van der Waals surface area contributed by atoms with Gasteiger partial charge in [0, 0.05) is 19.2 Å². The van der Waals surface area contributed by atoms with E-state index in [0.29, 0.717) is 5.92 Å². The Hall–Kier alpha value is -1.19. The molecule has 0 aromatic carbocycles. The van der Waals surface area contributed by atoms with E-state index >= 15 is 0 Å². The fourth-order valence-corrected chi connectivity index (χ4v) is 4.59. The van der Waals surface area contributed by atoms with Crippen molar-refractivity contribution < 1.29 is 13.3 Å². The van der Waals surface area contributed by atoms with Gasteiger partial charge in [-0.3, -0.25) is 10.1 Å². The van der Waals surface area contributed by atoms with Crippen LogP contribution in [0.25, 0.3) is 0 Å². The van der Waals surface area contributed by atoms with E-state index in [1.165, 1.54) is 7.05 Å². The summed E-state index contributed by atoms with van der Waals surface area (Å²) in [6.07, 6.45) is 3.12. The maximum Gasteiger partial charge on any atom is 0.304 e. The first-order valence-electron chi connectivity index (χ1n) is 6.31. The Morgan fingerprint density at radius 1 is 1.55 bits per heavy atom. The lowest BCUT2D eigenvalue weighted by atomic mass is 10.2. The third-order valence-corrected chi connectivity index (χ3v) is 6.32. The molecular weight excluding hydrogens is 302 g/mol. The van der Waals surface area contributed by atoms with Crippen molar-refractivity contribution in [2.24, 2.45) is 5.92 Å². The largest absolute Gasteiger partial charge is 0.374 e. The highest BCUT2D eigenvalue weighted by atomic mass is 32.2. The summed E-state index contributed by atoms with van der Waals surface area (Å²) in [5.41, 5.74) is -0.215. The Labute approximate surface area is 121 Å². The smallest absolute Gasteiger partial charge is 0.304 e. The van der Waals surface area contributed by atoms with E-state index in [9.17, 15) is 18.5 Å². The molecule has 1 fully saturated rings. The molecule has 1 aliphatic carbocycles. The van der Waals surface area contributed by atoms with E-state index in [1.54, 1.807) is 0 Å². The van der Waals surface area contributed by atoms with E-state index in [2.05, 4.69) is 10.0 Å². The van der Waals surface area contributed by atoms with Crippen LogP contribution in [-0.4, -0.2) is 26.4 Å². The van der Waals surface area contributed by atoms with E-state index in [-0.39, 0.29) is 20.9 Å². The average Bonchev–Trinajstić information content (AvgIpc) is 3.03. The van der Waals surface area contributed by atoms with E-state index in [4.69, 9.17) is 0 Å². The minimum Gasteiger partial charge on any atom is -0.374 e. The topological polar surface area (TPSA) is 101 Å². The number of nitro groups is 1. The molecule has 1 saturated carbocycles. The van der Waals surface area contributed by atoms with Crippen molar-refractivity contribution in [2.75, 3.05) is 12.4 Å². The van der Waals surface area contributed by atoms with E-state index in [1.807, 2.05) is 6.92 Å².